The highest BCUT2D eigenvalue weighted by Gasteiger charge is 2.20. The van der Waals surface area contributed by atoms with Crippen LogP contribution in [-0.2, 0) is 11.3 Å². The Morgan fingerprint density at radius 2 is 1.88 bits per heavy atom. The molecule has 1 rings (SSSR count). The van der Waals surface area contributed by atoms with E-state index in [4.69, 9.17) is 5.11 Å². The lowest BCUT2D eigenvalue weighted by Crippen LogP contribution is -2.35. The third-order valence-corrected chi connectivity index (χ3v) is 2.93. The smallest absolute Gasteiger partial charge is 0.225 e. The first-order valence-corrected chi connectivity index (χ1v) is 5.98. The Morgan fingerprint density at radius 1 is 1.29 bits per heavy atom. The van der Waals surface area contributed by atoms with Gasteiger partial charge in [-0.05, 0) is 18.4 Å². The molecule has 0 radical (unpaired) electrons. The van der Waals surface area contributed by atoms with E-state index in [0.717, 1.165) is 5.56 Å². The highest BCUT2D eigenvalue weighted by molar-refractivity contribution is 5.78. The lowest BCUT2D eigenvalue weighted by atomic mass is 9.96. The molecule has 0 heterocycles. The Labute approximate surface area is 103 Å². The Hall–Kier alpha value is -1.35. The van der Waals surface area contributed by atoms with Crippen LogP contribution in [0.4, 0.5) is 0 Å². The van der Waals surface area contributed by atoms with E-state index >= 15 is 0 Å². The van der Waals surface area contributed by atoms with Gasteiger partial charge in [0.25, 0.3) is 0 Å². The normalized spacial score (nSPS) is 12.5. The molecule has 94 valence electrons. The summed E-state index contributed by atoms with van der Waals surface area (Å²) < 4.78 is 0. The first-order valence-electron chi connectivity index (χ1n) is 5.98. The predicted octanol–water partition coefficient (Wildman–Crippen LogP) is 1.88. The first-order chi connectivity index (χ1) is 8.04. The topological polar surface area (TPSA) is 49.3 Å². The van der Waals surface area contributed by atoms with Gasteiger partial charge in [0.15, 0.2) is 0 Å². The quantitative estimate of drug-likeness (QED) is 0.818. The van der Waals surface area contributed by atoms with Gasteiger partial charge in [-0.25, -0.2) is 0 Å². The molecule has 0 fully saturated rings. The zero-order chi connectivity index (χ0) is 12.8. The number of aliphatic hydroxyl groups is 1. The van der Waals surface area contributed by atoms with Crippen LogP contribution in [0.1, 0.15) is 25.0 Å². The van der Waals surface area contributed by atoms with Crippen LogP contribution in [0.3, 0.4) is 0 Å². The van der Waals surface area contributed by atoms with Crippen LogP contribution in [0.25, 0.3) is 0 Å². The summed E-state index contributed by atoms with van der Waals surface area (Å²) in [6, 6.07) is 8.04. The maximum atomic E-state index is 11.8. The van der Waals surface area contributed by atoms with Crippen molar-refractivity contribution in [3.05, 3.63) is 35.4 Å². The second-order valence-corrected chi connectivity index (χ2v) is 4.74. The monoisotopic (exact) mass is 235 g/mol. The fraction of sp³-hybridized carbons (Fsp3) is 0.500. The minimum absolute atomic E-state index is 0.0805. The maximum Gasteiger partial charge on any atom is 0.225 e. The minimum atomic E-state index is -0.319. The molecule has 3 heteroatoms. The van der Waals surface area contributed by atoms with E-state index in [0.29, 0.717) is 6.54 Å². The van der Waals surface area contributed by atoms with Gasteiger partial charge in [-0.1, -0.05) is 43.7 Å². The van der Waals surface area contributed by atoms with Gasteiger partial charge in [-0.2, -0.15) is 0 Å². The van der Waals surface area contributed by atoms with Gasteiger partial charge < -0.3 is 10.4 Å². The van der Waals surface area contributed by atoms with Crippen molar-refractivity contribution in [2.45, 2.75) is 27.3 Å². The molecule has 0 spiro atoms. The number of aryl methyl sites for hydroxylation is 1. The van der Waals surface area contributed by atoms with E-state index in [-0.39, 0.29) is 24.3 Å². The SMILES string of the molecule is Cc1ccc(CNC(=O)C(CO)C(C)C)cc1. The maximum absolute atomic E-state index is 11.8. The zero-order valence-electron chi connectivity index (χ0n) is 10.7. The number of hydrogen-bond acceptors (Lipinski definition) is 2. The summed E-state index contributed by atoms with van der Waals surface area (Å²) in [5, 5.41) is 12.0. The molecule has 17 heavy (non-hydrogen) atoms. The molecule has 0 bridgehead atoms. The molecule has 3 nitrogen and oxygen atoms in total. The Kier molecular flexibility index (Phi) is 5.16. The second-order valence-electron chi connectivity index (χ2n) is 4.74. The number of carbonyl (C=O) groups excluding carboxylic acids is 1. The number of amides is 1. The van der Waals surface area contributed by atoms with Gasteiger partial charge in [0.2, 0.25) is 5.91 Å². The van der Waals surface area contributed by atoms with Gasteiger partial charge >= 0.3 is 0 Å². The van der Waals surface area contributed by atoms with Crippen LogP contribution in [0, 0.1) is 18.8 Å². The van der Waals surface area contributed by atoms with Crippen molar-refractivity contribution in [1.82, 2.24) is 5.32 Å². The second kappa shape index (κ2) is 6.40. The van der Waals surface area contributed by atoms with Crippen LogP contribution < -0.4 is 5.32 Å². The van der Waals surface area contributed by atoms with Crippen LogP contribution in [-0.4, -0.2) is 17.6 Å². The average Bonchev–Trinajstić information content (AvgIpc) is 2.28. The molecule has 1 aromatic rings. The highest BCUT2D eigenvalue weighted by atomic mass is 16.3. The summed E-state index contributed by atoms with van der Waals surface area (Å²) in [5.41, 5.74) is 2.28. The van der Waals surface area contributed by atoms with Crippen LogP contribution in [0.15, 0.2) is 24.3 Å². The fourth-order valence-electron chi connectivity index (χ4n) is 1.62. The van der Waals surface area contributed by atoms with E-state index in [1.54, 1.807) is 0 Å². The third kappa shape index (κ3) is 4.19. The van der Waals surface area contributed by atoms with E-state index in [2.05, 4.69) is 5.32 Å². The van der Waals surface area contributed by atoms with Gasteiger partial charge in [-0.3, -0.25) is 4.79 Å². The van der Waals surface area contributed by atoms with Crippen LogP contribution in [0.5, 0.6) is 0 Å². The molecule has 0 aliphatic carbocycles. The largest absolute Gasteiger partial charge is 0.396 e. The Bertz CT molecular complexity index is 357. The molecular weight excluding hydrogens is 214 g/mol. The van der Waals surface area contributed by atoms with Gasteiger partial charge in [0, 0.05) is 6.54 Å². The Morgan fingerprint density at radius 3 is 2.35 bits per heavy atom. The van der Waals surface area contributed by atoms with Gasteiger partial charge in [-0.15, -0.1) is 0 Å². The highest BCUT2D eigenvalue weighted by Crippen LogP contribution is 2.10. The molecule has 0 aromatic heterocycles. The summed E-state index contributed by atoms with van der Waals surface area (Å²) in [5.74, 6) is -0.249. The predicted molar refractivity (Wildman–Crippen MR) is 68.4 cm³/mol. The molecule has 1 atom stereocenters. The van der Waals surface area contributed by atoms with Gasteiger partial charge in [0.1, 0.15) is 0 Å². The minimum Gasteiger partial charge on any atom is -0.396 e. The van der Waals surface area contributed by atoms with Crippen molar-refractivity contribution >= 4 is 5.91 Å². The molecule has 0 saturated heterocycles. The van der Waals surface area contributed by atoms with Crippen molar-refractivity contribution in [2.75, 3.05) is 6.61 Å². The molecule has 0 aliphatic rings. The van der Waals surface area contributed by atoms with Crippen molar-refractivity contribution in [2.24, 2.45) is 11.8 Å². The standard InChI is InChI=1S/C14H21NO2/c1-10(2)13(9-16)14(17)15-8-12-6-4-11(3)5-7-12/h4-7,10,13,16H,8-9H2,1-3H3,(H,15,17). The summed E-state index contributed by atoms with van der Waals surface area (Å²) in [7, 11) is 0. The lowest BCUT2D eigenvalue weighted by Gasteiger charge is -2.17. The van der Waals surface area contributed by atoms with Crippen LogP contribution >= 0.6 is 0 Å². The summed E-state index contributed by atoms with van der Waals surface area (Å²) >= 11 is 0. The van der Waals surface area contributed by atoms with E-state index < -0.39 is 0 Å². The molecule has 2 N–H and O–H groups in total. The summed E-state index contributed by atoms with van der Waals surface area (Å²) in [6.07, 6.45) is 0. The van der Waals surface area contributed by atoms with Gasteiger partial charge in [0.05, 0.1) is 12.5 Å². The van der Waals surface area contributed by atoms with E-state index in [9.17, 15) is 4.79 Å². The van der Waals surface area contributed by atoms with Crippen molar-refractivity contribution in [3.8, 4) is 0 Å². The summed E-state index contributed by atoms with van der Waals surface area (Å²) in [4.78, 5) is 11.8. The number of carbonyl (C=O) groups is 1. The Balaban J connectivity index is 2.50. The molecular formula is C14H21NO2. The summed E-state index contributed by atoms with van der Waals surface area (Å²) in [6.45, 7) is 6.32. The van der Waals surface area contributed by atoms with Crippen LogP contribution in [0.2, 0.25) is 0 Å². The fourth-order valence-corrected chi connectivity index (χ4v) is 1.62. The van der Waals surface area contributed by atoms with E-state index in [1.807, 2.05) is 45.0 Å². The third-order valence-electron chi connectivity index (χ3n) is 2.93. The lowest BCUT2D eigenvalue weighted by molar-refractivity contribution is -0.127. The number of nitrogens with one attached hydrogen (secondary N) is 1. The van der Waals surface area contributed by atoms with Crippen molar-refractivity contribution in [1.29, 1.82) is 0 Å². The molecule has 1 amide bonds. The molecule has 0 aliphatic heterocycles. The number of rotatable bonds is 5. The van der Waals surface area contributed by atoms with Crippen molar-refractivity contribution < 1.29 is 9.90 Å². The molecule has 1 aromatic carbocycles. The number of aliphatic hydroxyl groups excluding tert-OH is 1. The first kappa shape index (κ1) is 13.7. The van der Waals surface area contributed by atoms with E-state index in [1.165, 1.54) is 5.56 Å². The zero-order valence-corrected chi connectivity index (χ0v) is 10.7. The molecule has 1 unspecified atom stereocenters. The number of hydrogen-bond donors (Lipinski definition) is 2. The van der Waals surface area contributed by atoms with Crippen molar-refractivity contribution in [3.63, 3.8) is 0 Å². The average molecular weight is 235 g/mol. The number of benzene rings is 1. The molecule has 0 saturated carbocycles.